The first kappa shape index (κ1) is 19.5. The van der Waals surface area contributed by atoms with Crippen LogP contribution in [-0.4, -0.2) is 43.6 Å². The van der Waals surface area contributed by atoms with Crippen LogP contribution in [0.25, 0.3) is 12.2 Å². The molecule has 2 aromatic carbocycles. The van der Waals surface area contributed by atoms with Crippen molar-refractivity contribution in [3.8, 4) is 5.75 Å². The quantitative estimate of drug-likeness (QED) is 0.740. The molecule has 0 spiro atoms. The van der Waals surface area contributed by atoms with E-state index < -0.39 is 24.8 Å². The van der Waals surface area contributed by atoms with Gasteiger partial charge in [0, 0.05) is 28.5 Å². The highest BCUT2D eigenvalue weighted by molar-refractivity contribution is 5.47. The normalized spacial score (nSPS) is 18.3. The van der Waals surface area contributed by atoms with E-state index in [4.69, 9.17) is 4.74 Å². The van der Waals surface area contributed by atoms with Crippen molar-refractivity contribution in [2.75, 3.05) is 33.4 Å². The summed E-state index contributed by atoms with van der Waals surface area (Å²) in [5.41, 5.74) is 1.46. The van der Waals surface area contributed by atoms with Crippen molar-refractivity contribution < 1.29 is 23.7 Å². The number of halogens is 2. The second kappa shape index (κ2) is 8.61. The molecule has 0 fully saturated rings. The maximum atomic E-state index is 15.5. The molecule has 1 atom stereocenters. The lowest BCUT2D eigenvalue weighted by atomic mass is 9.86. The largest absolute Gasteiger partial charge is 0.497 e. The number of nitrogens with one attached hydrogen (secondary N) is 1. The van der Waals surface area contributed by atoms with Gasteiger partial charge >= 0.3 is 0 Å². The highest BCUT2D eigenvalue weighted by Crippen LogP contribution is 2.31. The van der Waals surface area contributed by atoms with Crippen LogP contribution < -0.4 is 20.5 Å². The lowest BCUT2D eigenvalue weighted by molar-refractivity contribution is 0.353. The highest BCUT2D eigenvalue weighted by atomic mass is 19.1. The minimum absolute atomic E-state index is 0.00168. The molecule has 144 valence electrons. The number of rotatable bonds is 4. The predicted molar refractivity (Wildman–Crippen MR) is 100 cm³/mol. The summed E-state index contributed by atoms with van der Waals surface area (Å²) in [6.07, 6.45) is 2.82. The van der Waals surface area contributed by atoms with Gasteiger partial charge in [-0.3, -0.25) is 0 Å². The summed E-state index contributed by atoms with van der Waals surface area (Å²) in [5.74, 6) is -0.779. The Morgan fingerprint density at radius 1 is 1.07 bits per heavy atom. The van der Waals surface area contributed by atoms with Gasteiger partial charge in [0.05, 0.1) is 20.3 Å². The van der Waals surface area contributed by atoms with Crippen molar-refractivity contribution in [3.63, 3.8) is 0 Å². The molecule has 0 saturated carbocycles. The van der Waals surface area contributed by atoms with Crippen molar-refractivity contribution in [1.82, 2.24) is 5.32 Å². The number of aliphatic hydroxyl groups is 2. The molecule has 0 saturated heterocycles. The molecule has 6 heteroatoms. The average molecular weight is 375 g/mol. The first-order chi connectivity index (χ1) is 13.1. The maximum Gasteiger partial charge on any atom is 0.135 e. The van der Waals surface area contributed by atoms with Crippen LogP contribution in [0.2, 0.25) is 0 Å². The molecule has 1 aliphatic heterocycles. The Kier molecular flexibility index (Phi) is 6.21. The lowest BCUT2D eigenvalue weighted by Gasteiger charge is -2.20. The van der Waals surface area contributed by atoms with Gasteiger partial charge < -0.3 is 20.3 Å². The highest BCUT2D eigenvalue weighted by Gasteiger charge is 2.27. The van der Waals surface area contributed by atoms with Crippen LogP contribution in [0.1, 0.15) is 22.6 Å². The Labute approximate surface area is 156 Å². The summed E-state index contributed by atoms with van der Waals surface area (Å²) >= 11 is 0. The molecule has 0 radical (unpaired) electrons. The molecule has 27 heavy (non-hydrogen) atoms. The maximum absolute atomic E-state index is 15.5. The summed E-state index contributed by atoms with van der Waals surface area (Å²) in [6.45, 7) is 0.156. The third-order valence-corrected chi connectivity index (χ3v) is 4.95. The molecule has 1 unspecified atom stereocenters. The van der Waals surface area contributed by atoms with E-state index >= 15 is 8.78 Å². The molecule has 0 aliphatic carbocycles. The molecular formula is C21H23F2NO3. The molecule has 1 heterocycles. The number of methoxy groups -OCH3 is 1. The van der Waals surface area contributed by atoms with Gasteiger partial charge in [-0.05, 0) is 48.4 Å². The minimum atomic E-state index is -0.551. The van der Waals surface area contributed by atoms with E-state index in [0.717, 1.165) is 5.56 Å². The zero-order valence-corrected chi connectivity index (χ0v) is 15.1. The molecular weight excluding hydrogens is 352 g/mol. The number of hydrogen-bond donors (Lipinski definition) is 3. The smallest absolute Gasteiger partial charge is 0.135 e. The van der Waals surface area contributed by atoms with E-state index in [1.807, 2.05) is 12.1 Å². The van der Waals surface area contributed by atoms with Gasteiger partial charge in [0.2, 0.25) is 0 Å². The van der Waals surface area contributed by atoms with E-state index in [9.17, 15) is 10.2 Å². The third-order valence-electron chi connectivity index (χ3n) is 4.95. The van der Waals surface area contributed by atoms with Gasteiger partial charge in [-0.15, -0.1) is 0 Å². The van der Waals surface area contributed by atoms with Crippen molar-refractivity contribution in [2.24, 2.45) is 0 Å². The Bertz CT molecular complexity index is 926. The Morgan fingerprint density at radius 2 is 1.70 bits per heavy atom. The Balaban J connectivity index is 2.29. The van der Waals surface area contributed by atoms with Crippen LogP contribution in [0, 0.1) is 11.6 Å². The van der Waals surface area contributed by atoms with Crippen LogP contribution in [0.15, 0.2) is 24.3 Å². The van der Waals surface area contributed by atoms with E-state index in [2.05, 4.69) is 5.32 Å². The molecule has 3 N–H and O–H groups in total. The fourth-order valence-electron chi connectivity index (χ4n) is 3.67. The topological polar surface area (TPSA) is 61.7 Å². The number of aliphatic hydroxyl groups excluding tert-OH is 2. The molecule has 0 amide bonds. The standard InChI is InChI=1S/C21H23F2NO3/c1-27-14-4-2-13(3-5-14)18-12-24-9-6-17-19(18)21(23)16(8-11-26)15(7-10-25)20(17)22/h2-5,7-8,18,24-26H,6,9-12H2,1H3. The second-order valence-corrected chi connectivity index (χ2v) is 6.40. The number of fused-ring (bicyclic) bond motifs is 1. The Morgan fingerprint density at radius 3 is 2.30 bits per heavy atom. The van der Waals surface area contributed by atoms with Gasteiger partial charge in [-0.1, -0.05) is 12.1 Å². The van der Waals surface area contributed by atoms with Crippen molar-refractivity contribution in [3.05, 3.63) is 63.0 Å². The Hall–Kier alpha value is -2.28. The molecule has 0 aromatic heterocycles. The van der Waals surface area contributed by atoms with Crippen LogP contribution >= 0.6 is 0 Å². The van der Waals surface area contributed by atoms with Crippen LogP contribution in [0.3, 0.4) is 0 Å². The first-order valence-corrected chi connectivity index (χ1v) is 8.88. The minimum Gasteiger partial charge on any atom is -0.497 e. The molecule has 2 aromatic rings. The fourth-order valence-corrected chi connectivity index (χ4v) is 3.67. The lowest BCUT2D eigenvalue weighted by Crippen LogP contribution is -2.36. The summed E-state index contributed by atoms with van der Waals surface area (Å²) < 4.78 is 35.9. The van der Waals surface area contributed by atoms with E-state index in [1.165, 1.54) is 12.2 Å². The van der Waals surface area contributed by atoms with Crippen molar-refractivity contribution >= 4 is 12.2 Å². The van der Waals surface area contributed by atoms with Gasteiger partial charge in [0.1, 0.15) is 17.4 Å². The number of hydrogen-bond acceptors (Lipinski definition) is 4. The molecule has 1 aliphatic rings. The summed E-state index contributed by atoms with van der Waals surface area (Å²) in [4.78, 5) is 0. The van der Waals surface area contributed by atoms with Crippen molar-refractivity contribution in [1.29, 1.82) is 0 Å². The van der Waals surface area contributed by atoms with Gasteiger partial charge in [-0.2, -0.15) is 0 Å². The van der Waals surface area contributed by atoms with E-state index in [-0.39, 0.29) is 16.4 Å². The third kappa shape index (κ3) is 3.74. The van der Waals surface area contributed by atoms with Gasteiger partial charge in [0.25, 0.3) is 0 Å². The summed E-state index contributed by atoms with van der Waals surface area (Å²) in [6, 6.07) is 7.29. The van der Waals surface area contributed by atoms with E-state index in [1.54, 1.807) is 19.2 Å². The second-order valence-electron chi connectivity index (χ2n) is 6.40. The van der Waals surface area contributed by atoms with E-state index in [0.29, 0.717) is 36.4 Å². The predicted octanol–water partition coefficient (Wildman–Crippen LogP) is 0.797. The van der Waals surface area contributed by atoms with Crippen LogP contribution in [0.5, 0.6) is 5.75 Å². The zero-order valence-electron chi connectivity index (χ0n) is 15.1. The molecule has 4 nitrogen and oxygen atoms in total. The zero-order chi connectivity index (χ0) is 19.4. The first-order valence-electron chi connectivity index (χ1n) is 8.88. The summed E-state index contributed by atoms with van der Waals surface area (Å²) in [5, 5.41) is 21.7. The monoisotopic (exact) mass is 375 g/mol. The van der Waals surface area contributed by atoms with Crippen molar-refractivity contribution in [2.45, 2.75) is 12.3 Å². The summed E-state index contributed by atoms with van der Waals surface area (Å²) in [7, 11) is 1.57. The number of ether oxygens (including phenoxy) is 1. The van der Waals surface area contributed by atoms with Gasteiger partial charge in [0.15, 0.2) is 0 Å². The fraction of sp³-hybridized carbons (Fsp3) is 0.333. The molecule has 0 bridgehead atoms. The van der Waals surface area contributed by atoms with Crippen LogP contribution in [0.4, 0.5) is 8.78 Å². The number of benzene rings is 2. The van der Waals surface area contributed by atoms with Crippen LogP contribution in [-0.2, 0) is 6.42 Å². The van der Waals surface area contributed by atoms with Gasteiger partial charge in [-0.25, -0.2) is 8.78 Å². The SMILES string of the molecule is COc1ccc(C2CNCCc3c2c(F)c(=CCO)c(=CCO)c3F)cc1. The average Bonchev–Trinajstić information content (AvgIpc) is 2.92. The molecule has 3 rings (SSSR count).